The number of oxazole rings is 1. The summed E-state index contributed by atoms with van der Waals surface area (Å²) in [4.78, 5) is 0. The van der Waals surface area contributed by atoms with Gasteiger partial charge in [0.25, 0.3) is 5.52 Å². The molecule has 1 aromatic heterocycles. The van der Waals surface area contributed by atoms with Crippen molar-refractivity contribution in [2.24, 2.45) is 0 Å². The second-order valence-electron chi connectivity index (χ2n) is 5.23. The standard InChI is InChI=1S/C17H16NO2/c1-12-7-8-14-16(11-12)20-17-13-5-2-3-6-15(13)19-10-4-9-18(14)17/h2-3,5-8,11H,4,9-10H2,1H3/q+1. The first-order valence-electron chi connectivity index (χ1n) is 6.98. The summed E-state index contributed by atoms with van der Waals surface area (Å²) in [6.07, 6.45) is 0.981. The van der Waals surface area contributed by atoms with Gasteiger partial charge >= 0.3 is 5.89 Å². The van der Waals surface area contributed by atoms with E-state index in [1.807, 2.05) is 18.2 Å². The van der Waals surface area contributed by atoms with Crippen LogP contribution in [-0.4, -0.2) is 6.61 Å². The van der Waals surface area contributed by atoms with Crippen molar-refractivity contribution in [2.45, 2.75) is 19.9 Å². The Morgan fingerprint density at radius 3 is 2.95 bits per heavy atom. The molecular formula is C17H16NO2+. The van der Waals surface area contributed by atoms with E-state index in [1.54, 1.807) is 0 Å². The van der Waals surface area contributed by atoms with Crippen molar-refractivity contribution in [1.29, 1.82) is 0 Å². The molecule has 4 rings (SSSR count). The van der Waals surface area contributed by atoms with Gasteiger partial charge in [-0.25, -0.2) is 0 Å². The zero-order chi connectivity index (χ0) is 13.5. The van der Waals surface area contributed by atoms with Gasteiger partial charge in [-0.3, -0.25) is 0 Å². The highest BCUT2D eigenvalue weighted by Gasteiger charge is 2.28. The Balaban J connectivity index is 2.04. The first-order chi connectivity index (χ1) is 9.83. The van der Waals surface area contributed by atoms with Gasteiger partial charge in [-0.2, -0.15) is 4.57 Å². The highest BCUT2D eigenvalue weighted by atomic mass is 16.5. The third kappa shape index (κ3) is 1.70. The summed E-state index contributed by atoms with van der Waals surface area (Å²) in [7, 11) is 0. The predicted molar refractivity (Wildman–Crippen MR) is 76.7 cm³/mol. The summed E-state index contributed by atoms with van der Waals surface area (Å²) in [6.45, 7) is 3.74. The highest BCUT2D eigenvalue weighted by Crippen LogP contribution is 2.32. The van der Waals surface area contributed by atoms with Gasteiger partial charge in [0.1, 0.15) is 11.3 Å². The third-order valence-electron chi connectivity index (χ3n) is 3.76. The van der Waals surface area contributed by atoms with Crippen LogP contribution in [0, 0.1) is 6.92 Å². The van der Waals surface area contributed by atoms with E-state index in [2.05, 4.69) is 35.8 Å². The number of ether oxygens (including phenoxy) is 1. The molecular weight excluding hydrogens is 250 g/mol. The van der Waals surface area contributed by atoms with E-state index < -0.39 is 0 Å². The molecule has 0 spiro atoms. The van der Waals surface area contributed by atoms with Crippen LogP contribution in [0.4, 0.5) is 0 Å². The lowest BCUT2D eigenvalue weighted by Gasteiger charge is -2.10. The molecule has 2 heterocycles. The van der Waals surface area contributed by atoms with Gasteiger partial charge in [-0.1, -0.05) is 18.2 Å². The molecule has 3 nitrogen and oxygen atoms in total. The summed E-state index contributed by atoms with van der Waals surface area (Å²) in [5.41, 5.74) is 4.34. The molecule has 0 amide bonds. The van der Waals surface area contributed by atoms with Crippen molar-refractivity contribution in [2.75, 3.05) is 6.61 Å². The molecule has 0 radical (unpaired) electrons. The number of aromatic nitrogens is 1. The van der Waals surface area contributed by atoms with Crippen LogP contribution in [0.1, 0.15) is 12.0 Å². The minimum atomic E-state index is 0.738. The molecule has 20 heavy (non-hydrogen) atoms. The maximum atomic E-state index is 6.12. The van der Waals surface area contributed by atoms with E-state index in [4.69, 9.17) is 9.15 Å². The molecule has 0 unspecified atom stereocenters. The first-order valence-corrected chi connectivity index (χ1v) is 6.98. The van der Waals surface area contributed by atoms with Crippen LogP contribution >= 0.6 is 0 Å². The molecule has 0 bridgehead atoms. The average molecular weight is 266 g/mol. The van der Waals surface area contributed by atoms with Crippen molar-refractivity contribution >= 4 is 11.1 Å². The molecule has 100 valence electrons. The van der Waals surface area contributed by atoms with Crippen LogP contribution in [0.15, 0.2) is 46.9 Å². The lowest BCUT2D eigenvalue weighted by Crippen LogP contribution is -2.36. The fourth-order valence-electron chi connectivity index (χ4n) is 2.79. The molecule has 2 aromatic carbocycles. The van der Waals surface area contributed by atoms with Gasteiger partial charge in [0.15, 0.2) is 6.54 Å². The Hall–Kier alpha value is -2.29. The van der Waals surface area contributed by atoms with Gasteiger partial charge < -0.3 is 9.15 Å². The topological polar surface area (TPSA) is 26.2 Å². The van der Waals surface area contributed by atoms with Crippen LogP contribution in [-0.2, 0) is 6.54 Å². The van der Waals surface area contributed by atoms with Gasteiger partial charge in [-0.05, 0) is 30.7 Å². The Labute approximate surface area is 117 Å². The fourth-order valence-corrected chi connectivity index (χ4v) is 2.79. The van der Waals surface area contributed by atoms with Crippen LogP contribution < -0.4 is 9.30 Å². The number of rotatable bonds is 0. The second-order valence-corrected chi connectivity index (χ2v) is 5.23. The lowest BCUT2D eigenvalue weighted by atomic mass is 10.2. The highest BCUT2D eigenvalue weighted by molar-refractivity contribution is 5.73. The Bertz CT molecular complexity index is 789. The van der Waals surface area contributed by atoms with Gasteiger partial charge in [0.05, 0.1) is 6.61 Å². The van der Waals surface area contributed by atoms with Crippen LogP contribution in [0.3, 0.4) is 0 Å². The predicted octanol–water partition coefficient (Wildman–Crippen LogP) is 3.48. The van der Waals surface area contributed by atoms with Crippen molar-refractivity contribution < 1.29 is 13.7 Å². The van der Waals surface area contributed by atoms with Crippen molar-refractivity contribution in [1.82, 2.24) is 0 Å². The number of fused-ring (bicyclic) bond motifs is 5. The van der Waals surface area contributed by atoms with Gasteiger partial charge in [0.2, 0.25) is 5.58 Å². The van der Waals surface area contributed by atoms with Crippen molar-refractivity contribution in [3.05, 3.63) is 48.0 Å². The Morgan fingerprint density at radius 2 is 2.00 bits per heavy atom. The smallest absolute Gasteiger partial charge is 0.385 e. The molecule has 3 aromatic rings. The zero-order valence-electron chi connectivity index (χ0n) is 11.4. The summed E-state index contributed by atoms with van der Waals surface area (Å²) >= 11 is 0. The zero-order valence-corrected chi connectivity index (χ0v) is 11.4. The van der Waals surface area contributed by atoms with Crippen molar-refractivity contribution in [3.63, 3.8) is 0 Å². The van der Waals surface area contributed by atoms with E-state index in [0.717, 1.165) is 47.9 Å². The largest absolute Gasteiger partial charge is 0.492 e. The van der Waals surface area contributed by atoms with E-state index >= 15 is 0 Å². The average Bonchev–Trinajstić information content (AvgIpc) is 2.78. The number of aryl methyl sites for hydroxylation is 2. The van der Waals surface area contributed by atoms with Gasteiger partial charge in [0, 0.05) is 12.5 Å². The molecule has 0 atom stereocenters. The molecule has 0 N–H and O–H groups in total. The fraction of sp³-hybridized carbons (Fsp3) is 0.235. The quantitative estimate of drug-likeness (QED) is 0.582. The van der Waals surface area contributed by atoms with Gasteiger partial charge in [-0.15, -0.1) is 0 Å². The summed E-state index contributed by atoms with van der Waals surface area (Å²) < 4.78 is 14.2. The second kappa shape index (κ2) is 4.37. The number of benzene rings is 2. The summed E-state index contributed by atoms with van der Waals surface area (Å²) in [5.74, 6) is 1.79. The first kappa shape index (κ1) is 11.5. The molecule has 0 aliphatic carbocycles. The lowest BCUT2D eigenvalue weighted by molar-refractivity contribution is -0.665. The maximum absolute atomic E-state index is 6.12. The molecule has 1 aliphatic heterocycles. The molecule has 0 fully saturated rings. The number of hydrogen-bond acceptors (Lipinski definition) is 2. The van der Waals surface area contributed by atoms with E-state index in [1.165, 1.54) is 5.56 Å². The number of para-hydroxylation sites is 1. The molecule has 0 saturated heterocycles. The van der Waals surface area contributed by atoms with E-state index in [9.17, 15) is 0 Å². The summed E-state index contributed by atoms with van der Waals surface area (Å²) in [5, 5.41) is 0. The van der Waals surface area contributed by atoms with Crippen LogP contribution in [0.25, 0.3) is 22.6 Å². The monoisotopic (exact) mass is 266 g/mol. The van der Waals surface area contributed by atoms with Crippen molar-refractivity contribution in [3.8, 4) is 17.2 Å². The van der Waals surface area contributed by atoms with E-state index in [-0.39, 0.29) is 0 Å². The number of hydrogen-bond donors (Lipinski definition) is 0. The maximum Gasteiger partial charge on any atom is 0.385 e. The molecule has 0 saturated carbocycles. The summed E-state index contributed by atoms with van der Waals surface area (Å²) in [6, 6.07) is 14.4. The van der Waals surface area contributed by atoms with E-state index in [0.29, 0.717) is 0 Å². The minimum Gasteiger partial charge on any atom is -0.492 e. The Morgan fingerprint density at radius 1 is 1.10 bits per heavy atom. The molecule has 1 aliphatic rings. The SMILES string of the molecule is Cc1ccc2c(c1)oc1[n+]2CCCOc2ccccc2-1. The van der Waals surface area contributed by atoms with Crippen LogP contribution in [0.2, 0.25) is 0 Å². The van der Waals surface area contributed by atoms with Crippen LogP contribution in [0.5, 0.6) is 5.75 Å². The number of nitrogens with zero attached hydrogens (tertiary/aromatic N) is 1. The minimum absolute atomic E-state index is 0.738. The third-order valence-corrected chi connectivity index (χ3v) is 3.76. The Kier molecular flexibility index (Phi) is 2.52. The molecule has 3 heteroatoms. The normalized spacial score (nSPS) is 14.1.